The van der Waals surface area contributed by atoms with Gasteiger partial charge in [0.05, 0.1) is 16.1 Å². The Morgan fingerprint density at radius 1 is 1.22 bits per heavy atom. The third-order valence-corrected chi connectivity index (χ3v) is 3.15. The number of aromatic nitrogens is 1. The van der Waals surface area contributed by atoms with E-state index in [4.69, 9.17) is 0 Å². The summed E-state index contributed by atoms with van der Waals surface area (Å²) in [6.07, 6.45) is 0.360. The van der Waals surface area contributed by atoms with E-state index in [1.54, 1.807) is 24.4 Å². The van der Waals surface area contributed by atoms with Crippen molar-refractivity contribution in [3.8, 4) is 0 Å². The molecule has 5 heteroatoms. The largest absolute Gasteiger partial charge is 0.388 e. The molecule has 0 aliphatic rings. The van der Waals surface area contributed by atoms with Crippen molar-refractivity contribution in [3.05, 3.63) is 63.9 Å². The summed E-state index contributed by atoms with van der Waals surface area (Å²) >= 11 is 2.97. The number of benzene rings is 1. The summed E-state index contributed by atoms with van der Waals surface area (Å²) in [5.41, 5.74) is 0.235. The number of halogens is 3. The van der Waals surface area contributed by atoms with Crippen LogP contribution in [-0.2, 0) is 6.42 Å². The molecule has 2 rings (SSSR count). The van der Waals surface area contributed by atoms with Gasteiger partial charge in [-0.2, -0.15) is 0 Å². The van der Waals surface area contributed by atoms with Crippen LogP contribution in [0.15, 0.2) is 41.0 Å². The smallest absolute Gasteiger partial charge is 0.146 e. The summed E-state index contributed by atoms with van der Waals surface area (Å²) in [7, 11) is 0. The summed E-state index contributed by atoms with van der Waals surface area (Å²) in [6.45, 7) is 0. The highest BCUT2D eigenvalue weighted by Crippen LogP contribution is 2.28. The molecule has 1 atom stereocenters. The van der Waals surface area contributed by atoms with Crippen LogP contribution in [0.2, 0.25) is 0 Å². The second kappa shape index (κ2) is 5.54. The highest BCUT2D eigenvalue weighted by atomic mass is 79.9. The van der Waals surface area contributed by atoms with Crippen molar-refractivity contribution in [1.82, 2.24) is 4.98 Å². The van der Waals surface area contributed by atoms with Crippen LogP contribution in [0.25, 0.3) is 0 Å². The van der Waals surface area contributed by atoms with Crippen molar-refractivity contribution in [1.29, 1.82) is 0 Å². The van der Waals surface area contributed by atoms with Gasteiger partial charge in [0.1, 0.15) is 11.6 Å². The molecular formula is C13H10BrF2NO. The lowest BCUT2D eigenvalue weighted by Gasteiger charge is -2.13. The van der Waals surface area contributed by atoms with E-state index in [2.05, 4.69) is 20.9 Å². The minimum absolute atomic E-state index is 0.0606. The molecular weight excluding hydrogens is 304 g/mol. The zero-order valence-corrected chi connectivity index (χ0v) is 10.9. The first-order chi connectivity index (χ1) is 8.59. The molecule has 0 spiro atoms. The second-order valence-corrected chi connectivity index (χ2v) is 4.65. The van der Waals surface area contributed by atoms with Gasteiger partial charge in [-0.1, -0.05) is 6.07 Å². The summed E-state index contributed by atoms with van der Waals surface area (Å²) < 4.78 is 27.4. The van der Waals surface area contributed by atoms with Crippen LogP contribution in [-0.4, -0.2) is 10.1 Å². The zero-order chi connectivity index (χ0) is 13.1. The molecule has 1 aromatic heterocycles. The molecule has 0 aliphatic heterocycles. The monoisotopic (exact) mass is 313 g/mol. The van der Waals surface area contributed by atoms with Crippen molar-refractivity contribution in [2.24, 2.45) is 0 Å². The number of nitrogens with zero attached hydrogens (tertiary/aromatic N) is 1. The van der Waals surface area contributed by atoms with Gasteiger partial charge in [-0.25, -0.2) is 8.78 Å². The SMILES string of the molecule is OC(Cc1ccccn1)c1c(F)ccc(Br)c1F. The highest BCUT2D eigenvalue weighted by molar-refractivity contribution is 9.10. The van der Waals surface area contributed by atoms with Gasteiger partial charge in [0.25, 0.3) is 0 Å². The third-order valence-electron chi connectivity index (χ3n) is 2.54. The van der Waals surface area contributed by atoms with Crippen molar-refractivity contribution in [2.75, 3.05) is 0 Å². The van der Waals surface area contributed by atoms with Gasteiger partial charge in [0, 0.05) is 18.3 Å². The Morgan fingerprint density at radius 2 is 2.00 bits per heavy atom. The zero-order valence-electron chi connectivity index (χ0n) is 9.28. The van der Waals surface area contributed by atoms with Gasteiger partial charge >= 0.3 is 0 Å². The van der Waals surface area contributed by atoms with E-state index in [1.807, 2.05) is 0 Å². The molecule has 0 saturated heterocycles. The average molecular weight is 314 g/mol. The normalized spacial score (nSPS) is 12.4. The lowest BCUT2D eigenvalue weighted by atomic mass is 10.0. The maximum atomic E-state index is 13.7. The van der Waals surface area contributed by atoms with E-state index in [1.165, 1.54) is 6.07 Å². The molecule has 1 heterocycles. The fraction of sp³-hybridized carbons (Fsp3) is 0.154. The lowest BCUT2D eigenvalue weighted by Crippen LogP contribution is -2.08. The standard InChI is InChI=1S/C13H10BrF2NO/c14-9-4-5-10(15)12(13(9)16)11(18)7-8-3-1-2-6-17-8/h1-6,11,18H,7H2. The van der Waals surface area contributed by atoms with E-state index in [0.717, 1.165) is 6.07 Å². The molecule has 0 aliphatic carbocycles. The van der Waals surface area contributed by atoms with E-state index < -0.39 is 17.7 Å². The second-order valence-electron chi connectivity index (χ2n) is 3.80. The Balaban J connectivity index is 2.29. The summed E-state index contributed by atoms with van der Waals surface area (Å²) in [5, 5.41) is 9.92. The van der Waals surface area contributed by atoms with Gasteiger partial charge in [0.15, 0.2) is 0 Å². The van der Waals surface area contributed by atoms with Crippen LogP contribution in [0.5, 0.6) is 0 Å². The predicted molar refractivity (Wildman–Crippen MR) is 67.0 cm³/mol. The Kier molecular flexibility index (Phi) is 4.04. The highest BCUT2D eigenvalue weighted by Gasteiger charge is 2.20. The topological polar surface area (TPSA) is 33.1 Å². The van der Waals surface area contributed by atoms with Crippen LogP contribution in [0, 0.1) is 11.6 Å². The summed E-state index contributed by atoms with van der Waals surface area (Å²) in [5.74, 6) is -1.54. The minimum Gasteiger partial charge on any atom is -0.388 e. The van der Waals surface area contributed by atoms with E-state index in [0.29, 0.717) is 5.69 Å². The van der Waals surface area contributed by atoms with Crippen molar-refractivity contribution >= 4 is 15.9 Å². The molecule has 2 nitrogen and oxygen atoms in total. The fourth-order valence-electron chi connectivity index (χ4n) is 1.67. The third kappa shape index (κ3) is 2.73. The molecule has 1 N–H and O–H groups in total. The number of hydrogen-bond acceptors (Lipinski definition) is 2. The van der Waals surface area contributed by atoms with Crippen LogP contribution in [0.1, 0.15) is 17.4 Å². The number of rotatable bonds is 3. The molecule has 1 aromatic carbocycles. The quantitative estimate of drug-likeness (QED) is 0.881. The van der Waals surface area contributed by atoms with Crippen LogP contribution >= 0.6 is 15.9 Å². The molecule has 0 saturated carbocycles. The fourth-order valence-corrected chi connectivity index (χ4v) is 2.01. The molecule has 0 radical (unpaired) electrons. The maximum absolute atomic E-state index is 13.7. The van der Waals surface area contributed by atoms with Gasteiger partial charge in [0.2, 0.25) is 0 Å². The molecule has 0 bridgehead atoms. The predicted octanol–water partition coefficient (Wildman–Crippen LogP) is 3.40. The van der Waals surface area contributed by atoms with Gasteiger partial charge in [-0.05, 0) is 40.2 Å². The Labute approximate surface area is 111 Å². The van der Waals surface area contributed by atoms with Crippen LogP contribution in [0.4, 0.5) is 8.78 Å². The summed E-state index contributed by atoms with van der Waals surface area (Å²) in [4.78, 5) is 4.01. The molecule has 0 fully saturated rings. The molecule has 1 unspecified atom stereocenters. The Hall–Kier alpha value is -1.33. The van der Waals surface area contributed by atoms with Crippen molar-refractivity contribution in [2.45, 2.75) is 12.5 Å². The van der Waals surface area contributed by atoms with Crippen LogP contribution in [0.3, 0.4) is 0 Å². The van der Waals surface area contributed by atoms with Gasteiger partial charge in [-0.15, -0.1) is 0 Å². The molecule has 2 aromatic rings. The first-order valence-corrected chi connectivity index (χ1v) is 6.10. The number of aliphatic hydroxyl groups is 1. The van der Waals surface area contributed by atoms with E-state index in [-0.39, 0.29) is 16.5 Å². The lowest BCUT2D eigenvalue weighted by molar-refractivity contribution is 0.167. The maximum Gasteiger partial charge on any atom is 0.146 e. The average Bonchev–Trinajstić information content (AvgIpc) is 2.36. The molecule has 94 valence electrons. The van der Waals surface area contributed by atoms with Crippen LogP contribution < -0.4 is 0 Å². The van der Waals surface area contributed by atoms with Crippen molar-refractivity contribution < 1.29 is 13.9 Å². The first-order valence-electron chi connectivity index (χ1n) is 5.31. The number of aliphatic hydroxyl groups excluding tert-OH is 1. The number of hydrogen-bond donors (Lipinski definition) is 1. The van der Waals surface area contributed by atoms with E-state index >= 15 is 0 Å². The van der Waals surface area contributed by atoms with Gasteiger partial charge in [-0.3, -0.25) is 4.98 Å². The minimum atomic E-state index is -1.27. The molecule has 18 heavy (non-hydrogen) atoms. The van der Waals surface area contributed by atoms with Crippen molar-refractivity contribution in [3.63, 3.8) is 0 Å². The number of pyridine rings is 1. The van der Waals surface area contributed by atoms with Gasteiger partial charge < -0.3 is 5.11 Å². The molecule has 0 amide bonds. The Bertz CT molecular complexity index is 548. The van der Waals surface area contributed by atoms with E-state index in [9.17, 15) is 13.9 Å². The Morgan fingerprint density at radius 3 is 2.67 bits per heavy atom. The first kappa shape index (κ1) is 13.1. The summed E-state index contributed by atoms with van der Waals surface area (Å²) in [6, 6.07) is 7.56.